The van der Waals surface area contributed by atoms with E-state index >= 15 is 0 Å². The van der Waals surface area contributed by atoms with Crippen LogP contribution in [-0.4, -0.2) is 31.4 Å². The van der Waals surface area contributed by atoms with E-state index in [1.807, 2.05) is 79.1 Å². The summed E-state index contributed by atoms with van der Waals surface area (Å²) in [5.74, 6) is 0.834. The van der Waals surface area contributed by atoms with Crippen LogP contribution in [0.2, 0.25) is 0 Å². The number of nitrogens with zero attached hydrogens (tertiary/aromatic N) is 4. The molecule has 150 valence electrons. The molecule has 1 N–H and O–H groups in total. The number of aryl methyl sites for hydroxylation is 2. The highest BCUT2D eigenvalue weighted by molar-refractivity contribution is 7.99. The van der Waals surface area contributed by atoms with Crippen molar-refractivity contribution < 1.29 is 4.79 Å². The zero-order valence-corrected chi connectivity index (χ0v) is 17.6. The van der Waals surface area contributed by atoms with Gasteiger partial charge in [-0.25, -0.2) is 0 Å². The maximum Gasteiger partial charge on any atom is 0.234 e. The molecule has 0 radical (unpaired) electrons. The van der Waals surface area contributed by atoms with Crippen LogP contribution in [0.15, 0.2) is 78.2 Å². The number of amides is 1. The van der Waals surface area contributed by atoms with E-state index in [4.69, 9.17) is 0 Å². The first-order chi connectivity index (χ1) is 14.6. The topological polar surface area (TPSA) is 72.7 Å². The van der Waals surface area contributed by atoms with Crippen LogP contribution in [0.3, 0.4) is 0 Å². The summed E-state index contributed by atoms with van der Waals surface area (Å²) in [4.78, 5) is 16.8. The second kappa shape index (κ2) is 8.92. The standard InChI is InChI=1S/C23H21N5OS/c1-16-8-6-9-17(2)21(16)25-20(29)15-30-23-27-26-22(18-10-7-13-24-14-18)28(23)19-11-4-3-5-12-19/h3-14H,15H2,1-2H3,(H,25,29). The fourth-order valence-electron chi connectivity index (χ4n) is 3.17. The number of carbonyl (C=O) groups excluding carboxylic acids is 1. The first kappa shape index (κ1) is 19.8. The molecule has 0 spiro atoms. The molecule has 6 nitrogen and oxygen atoms in total. The normalized spacial score (nSPS) is 10.7. The largest absolute Gasteiger partial charge is 0.325 e. The molecule has 4 rings (SSSR count). The van der Waals surface area contributed by atoms with Crippen molar-refractivity contribution in [2.24, 2.45) is 0 Å². The van der Waals surface area contributed by atoms with E-state index in [-0.39, 0.29) is 11.7 Å². The van der Waals surface area contributed by atoms with E-state index < -0.39 is 0 Å². The van der Waals surface area contributed by atoms with Gasteiger partial charge in [0.1, 0.15) is 0 Å². The van der Waals surface area contributed by atoms with E-state index in [9.17, 15) is 4.79 Å². The van der Waals surface area contributed by atoms with Crippen molar-refractivity contribution in [3.8, 4) is 17.1 Å². The molecular weight excluding hydrogens is 394 g/mol. The third-order valence-electron chi connectivity index (χ3n) is 4.65. The summed E-state index contributed by atoms with van der Waals surface area (Å²) >= 11 is 1.35. The Morgan fingerprint density at radius 3 is 2.43 bits per heavy atom. The van der Waals surface area contributed by atoms with Gasteiger partial charge in [0.25, 0.3) is 0 Å². The highest BCUT2D eigenvalue weighted by Gasteiger charge is 2.17. The van der Waals surface area contributed by atoms with Crippen molar-refractivity contribution >= 4 is 23.4 Å². The molecule has 2 aromatic carbocycles. The number of anilines is 1. The van der Waals surface area contributed by atoms with Crippen LogP contribution in [0.4, 0.5) is 5.69 Å². The number of carbonyl (C=O) groups is 1. The number of para-hydroxylation sites is 2. The summed E-state index contributed by atoms with van der Waals surface area (Å²) in [6.45, 7) is 3.98. The fourth-order valence-corrected chi connectivity index (χ4v) is 3.92. The Morgan fingerprint density at radius 1 is 0.967 bits per heavy atom. The molecule has 2 aromatic heterocycles. The van der Waals surface area contributed by atoms with Gasteiger partial charge in [-0.05, 0) is 49.2 Å². The van der Waals surface area contributed by atoms with Crippen molar-refractivity contribution in [2.45, 2.75) is 19.0 Å². The smallest absolute Gasteiger partial charge is 0.234 e. The number of aromatic nitrogens is 4. The second-order valence-electron chi connectivity index (χ2n) is 6.82. The Kier molecular flexibility index (Phi) is 5.90. The predicted molar refractivity (Wildman–Crippen MR) is 120 cm³/mol. The van der Waals surface area contributed by atoms with E-state index in [0.717, 1.165) is 28.1 Å². The van der Waals surface area contributed by atoms with Gasteiger partial charge in [-0.3, -0.25) is 14.3 Å². The number of hydrogen-bond donors (Lipinski definition) is 1. The van der Waals surface area contributed by atoms with Crippen LogP contribution in [-0.2, 0) is 4.79 Å². The van der Waals surface area contributed by atoms with Crippen molar-refractivity contribution in [1.29, 1.82) is 0 Å². The molecule has 7 heteroatoms. The maximum absolute atomic E-state index is 12.6. The highest BCUT2D eigenvalue weighted by atomic mass is 32.2. The second-order valence-corrected chi connectivity index (χ2v) is 7.76. The van der Waals surface area contributed by atoms with Gasteiger partial charge in [-0.1, -0.05) is 48.2 Å². The first-order valence-electron chi connectivity index (χ1n) is 9.53. The minimum atomic E-state index is -0.0806. The first-order valence-corrected chi connectivity index (χ1v) is 10.5. The Labute approximate surface area is 179 Å². The zero-order chi connectivity index (χ0) is 20.9. The van der Waals surface area contributed by atoms with Crippen molar-refractivity contribution in [3.05, 3.63) is 84.2 Å². The molecule has 2 heterocycles. The molecule has 0 saturated carbocycles. The molecule has 0 aliphatic heterocycles. The van der Waals surface area contributed by atoms with E-state index in [1.165, 1.54) is 11.8 Å². The molecule has 1 amide bonds. The minimum Gasteiger partial charge on any atom is -0.325 e. The van der Waals surface area contributed by atoms with E-state index in [2.05, 4.69) is 20.5 Å². The van der Waals surface area contributed by atoms with Crippen LogP contribution in [0.5, 0.6) is 0 Å². The van der Waals surface area contributed by atoms with Crippen LogP contribution < -0.4 is 5.32 Å². The van der Waals surface area contributed by atoms with Crippen LogP contribution in [0.25, 0.3) is 17.1 Å². The Hall–Kier alpha value is -3.45. The number of thioether (sulfide) groups is 1. The number of benzene rings is 2. The monoisotopic (exact) mass is 415 g/mol. The Balaban J connectivity index is 1.59. The van der Waals surface area contributed by atoms with Gasteiger partial charge in [-0.2, -0.15) is 0 Å². The van der Waals surface area contributed by atoms with E-state index in [1.54, 1.807) is 12.4 Å². The highest BCUT2D eigenvalue weighted by Crippen LogP contribution is 2.28. The summed E-state index contributed by atoms with van der Waals surface area (Å²) < 4.78 is 1.95. The third kappa shape index (κ3) is 4.26. The summed E-state index contributed by atoms with van der Waals surface area (Å²) in [5.41, 5.74) is 4.74. The molecule has 4 aromatic rings. The summed E-state index contributed by atoms with van der Waals surface area (Å²) in [7, 11) is 0. The van der Waals surface area contributed by atoms with Gasteiger partial charge in [0.15, 0.2) is 11.0 Å². The molecule has 0 saturated heterocycles. The molecule has 0 aliphatic rings. The number of rotatable bonds is 6. The molecular formula is C23H21N5OS. The van der Waals surface area contributed by atoms with Gasteiger partial charge in [0.05, 0.1) is 5.75 Å². The molecule has 0 aliphatic carbocycles. The van der Waals surface area contributed by atoms with Crippen molar-refractivity contribution in [3.63, 3.8) is 0 Å². The number of pyridine rings is 1. The number of hydrogen-bond acceptors (Lipinski definition) is 5. The molecule has 0 atom stereocenters. The minimum absolute atomic E-state index is 0.0806. The molecule has 30 heavy (non-hydrogen) atoms. The molecule has 0 fully saturated rings. The lowest BCUT2D eigenvalue weighted by Gasteiger charge is -2.12. The quantitative estimate of drug-likeness (QED) is 0.463. The van der Waals surface area contributed by atoms with Gasteiger partial charge < -0.3 is 5.32 Å². The summed E-state index contributed by atoms with van der Waals surface area (Å²) in [6.07, 6.45) is 3.48. The average molecular weight is 416 g/mol. The fraction of sp³-hybridized carbons (Fsp3) is 0.130. The molecule has 0 unspecified atom stereocenters. The Bertz CT molecular complexity index is 1140. The van der Waals surface area contributed by atoms with Gasteiger partial charge in [0.2, 0.25) is 5.91 Å². The average Bonchev–Trinajstić information content (AvgIpc) is 3.20. The van der Waals surface area contributed by atoms with E-state index in [0.29, 0.717) is 11.0 Å². The van der Waals surface area contributed by atoms with Gasteiger partial charge >= 0.3 is 0 Å². The third-order valence-corrected chi connectivity index (χ3v) is 5.57. The molecule has 0 bridgehead atoms. The Morgan fingerprint density at radius 2 is 1.73 bits per heavy atom. The van der Waals surface area contributed by atoms with Crippen molar-refractivity contribution in [1.82, 2.24) is 19.7 Å². The summed E-state index contributed by atoms with van der Waals surface area (Å²) in [6, 6.07) is 19.6. The van der Waals surface area contributed by atoms with Crippen LogP contribution >= 0.6 is 11.8 Å². The van der Waals surface area contributed by atoms with Crippen LogP contribution in [0, 0.1) is 13.8 Å². The number of nitrogens with one attached hydrogen (secondary N) is 1. The lowest BCUT2D eigenvalue weighted by Crippen LogP contribution is -2.16. The lowest BCUT2D eigenvalue weighted by molar-refractivity contribution is -0.113. The van der Waals surface area contributed by atoms with Gasteiger partial charge in [-0.15, -0.1) is 10.2 Å². The SMILES string of the molecule is Cc1cccc(C)c1NC(=O)CSc1nnc(-c2cccnc2)n1-c1ccccc1. The predicted octanol–water partition coefficient (Wildman–Crippen LogP) is 4.68. The summed E-state index contributed by atoms with van der Waals surface area (Å²) in [5, 5.41) is 12.4. The van der Waals surface area contributed by atoms with Crippen molar-refractivity contribution in [2.75, 3.05) is 11.1 Å². The maximum atomic E-state index is 12.6. The van der Waals surface area contributed by atoms with Crippen LogP contribution in [0.1, 0.15) is 11.1 Å². The zero-order valence-electron chi connectivity index (χ0n) is 16.7. The van der Waals surface area contributed by atoms with Gasteiger partial charge in [0, 0.05) is 29.3 Å². The lowest BCUT2D eigenvalue weighted by atomic mass is 10.1.